The lowest BCUT2D eigenvalue weighted by Crippen LogP contribution is -2.42. The number of anilines is 2. The number of thiazole rings is 1. The Balaban J connectivity index is 1.10. The van der Waals surface area contributed by atoms with Crippen molar-refractivity contribution in [3.05, 3.63) is 96.4 Å². The van der Waals surface area contributed by atoms with E-state index in [0.717, 1.165) is 32.7 Å². The van der Waals surface area contributed by atoms with Gasteiger partial charge in [-0.1, -0.05) is 52.7 Å². The maximum absolute atomic E-state index is 14.1. The molecule has 1 aromatic heterocycles. The molecule has 52 heavy (non-hydrogen) atoms. The summed E-state index contributed by atoms with van der Waals surface area (Å²) in [6, 6.07) is 14.7. The number of amides is 3. The van der Waals surface area contributed by atoms with Gasteiger partial charge < -0.3 is 19.8 Å². The number of aromatic nitrogens is 1. The maximum atomic E-state index is 14.1. The van der Waals surface area contributed by atoms with Crippen molar-refractivity contribution >= 4 is 75.4 Å². The summed E-state index contributed by atoms with van der Waals surface area (Å²) in [5.41, 5.74) is -0.260. The summed E-state index contributed by atoms with van der Waals surface area (Å²) in [4.78, 5) is 57.7. The zero-order valence-electron chi connectivity index (χ0n) is 27.0. The van der Waals surface area contributed by atoms with Crippen molar-refractivity contribution in [1.29, 1.82) is 0 Å². The molecule has 3 heterocycles. The molecule has 3 fully saturated rings. The van der Waals surface area contributed by atoms with Gasteiger partial charge in [0.15, 0.2) is 18.1 Å². The third kappa shape index (κ3) is 5.78. The average molecular weight is 791 g/mol. The number of para-hydroxylation sites is 1. The summed E-state index contributed by atoms with van der Waals surface area (Å²) >= 11 is 14.6. The second-order valence-corrected chi connectivity index (χ2v) is 16.1. The molecule has 2 aliphatic heterocycles. The van der Waals surface area contributed by atoms with Gasteiger partial charge in [0.05, 0.1) is 44.8 Å². The van der Waals surface area contributed by atoms with E-state index in [1.807, 2.05) is 6.07 Å². The van der Waals surface area contributed by atoms with E-state index < -0.39 is 47.0 Å². The van der Waals surface area contributed by atoms with E-state index in [1.165, 1.54) is 36.0 Å². The highest BCUT2D eigenvalue weighted by Crippen LogP contribution is 2.69. The fraction of sp³-hybridized carbons (Fsp3) is 0.333. The lowest BCUT2D eigenvalue weighted by molar-refractivity contribution is -0.137. The van der Waals surface area contributed by atoms with Crippen molar-refractivity contribution in [2.45, 2.75) is 35.7 Å². The first-order valence-corrected chi connectivity index (χ1v) is 18.9. The molecule has 4 aromatic rings. The molecule has 0 unspecified atom stereocenters. The molecule has 3 aromatic carbocycles. The van der Waals surface area contributed by atoms with Crippen LogP contribution in [0, 0.1) is 29.6 Å². The Morgan fingerprint density at radius 1 is 0.962 bits per heavy atom. The summed E-state index contributed by atoms with van der Waals surface area (Å²) in [6.07, 6.45) is -4.20. The van der Waals surface area contributed by atoms with Gasteiger partial charge in [-0.3, -0.25) is 19.2 Å². The Morgan fingerprint density at radius 3 is 2.44 bits per heavy atom. The highest BCUT2D eigenvalue weighted by molar-refractivity contribution is 8.00. The molecule has 2 saturated carbocycles. The van der Waals surface area contributed by atoms with Crippen molar-refractivity contribution in [3.8, 4) is 11.5 Å². The lowest BCUT2D eigenvalue weighted by Gasteiger charge is -2.43. The average Bonchev–Trinajstić information content (AvgIpc) is 3.84. The fourth-order valence-electron chi connectivity index (χ4n) is 8.56. The van der Waals surface area contributed by atoms with E-state index in [-0.39, 0.29) is 52.0 Å². The largest absolute Gasteiger partial charge is 0.490 e. The lowest BCUT2D eigenvalue weighted by atomic mass is 9.68. The van der Waals surface area contributed by atoms with Gasteiger partial charge in [-0.25, -0.2) is 4.90 Å². The molecule has 4 aliphatic rings. The van der Waals surface area contributed by atoms with Crippen LogP contribution in [0.5, 0.6) is 11.5 Å². The number of H-pyrrole nitrogens is 1. The van der Waals surface area contributed by atoms with Crippen LogP contribution in [0.3, 0.4) is 0 Å². The number of hydrogen-bond acceptors (Lipinski definition) is 8. The molecule has 2 aliphatic carbocycles. The van der Waals surface area contributed by atoms with Crippen molar-refractivity contribution in [1.82, 2.24) is 4.98 Å². The SMILES string of the molecule is CCOc1cc([C@@H]2c3sc(=O)[nH]c3S[C@@H]3[C@@H]4C[C@@H]([C@@H]5C(=O)N(c6ccccc6C(F)(F)F)C(=O)[C@@H]45)[C@H]23)ccc1OCC(=O)Nc1ccc(Cl)c(Cl)c1. The molecule has 1 saturated heterocycles. The third-order valence-corrected chi connectivity index (χ3v) is 13.7. The van der Waals surface area contributed by atoms with Gasteiger partial charge in [0.2, 0.25) is 11.8 Å². The number of nitrogens with zero attached hydrogens (tertiary/aromatic N) is 1. The standard InChI is InChI=1S/C36H28Cl2F3N3O6S2/c1-2-49-24-11-15(7-10-23(24)50-14-25(45)42-16-8-9-20(37)21(38)12-16)26-27-17-13-18(30(27)51-32-31(26)52-35(48)43-32)29-28(17)33(46)44(34(29)47)22-6-4-3-5-19(22)36(39,40)41/h3-12,17-18,26-30H,2,13-14H2,1H3,(H,42,45)(H,43,48)/t17-,18-,26+,27-,28+,29+,30-/m1/s1. The molecule has 9 nitrogen and oxygen atoms in total. The minimum Gasteiger partial charge on any atom is -0.490 e. The van der Waals surface area contributed by atoms with Gasteiger partial charge in [-0.15, -0.1) is 11.8 Å². The van der Waals surface area contributed by atoms with E-state index in [1.54, 1.807) is 31.2 Å². The number of aromatic amines is 1. The molecule has 3 amide bonds. The summed E-state index contributed by atoms with van der Waals surface area (Å²) < 4.78 is 53.9. The van der Waals surface area contributed by atoms with Crippen LogP contribution in [0.2, 0.25) is 10.0 Å². The molecular weight excluding hydrogens is 762 g/mol. The zero-order valence-corrected chi connectivity index (χ0v) is 30.2. The van der Waals surface area contributed by atoms with Crippen LogP contribution in [-0.2, 0) is 20.6 Å². The number of carbonyl (C=O) groups is 3. The number of rotatable bonds is 8. The van der Waals surface area contributed by atoms with E-state index in [0.29, 0.717) is 33.7 Å². The summed E-state index contributed by atoms with van der Waals surface area (Å²) in [7, 11) is 0. The second kappa shape index (κ2) is 13.2. The first-order chi connectivity index (χ1) is 24.8. The number of benzene rings is 3. The number of carbonyl (C=O) groups excluding carboxylic acids is 3. The molecule has 2 N–H and O–H groups in total. The number of nitrogens with one attached hydrogen (secondary N) is 2. The van der Waals surface area contributed by atoms with Gasteiger partial charge in [-0.05, 0) is 79.1 Å². The number of imide groups is 1. The fourth-order valence-corrected chi connectivity index (χ4v) is 11.7. The predicted octanol–water partition coefficient (Wildman–Crippen LogP) is 7.86. The smallest absolute Gasteiger partial charge is 0.418 e. The minimum absolute atomic E-state index is 0.180. The van der Waals surface area contributed by atoms with Gasteiger partial charge >= 0.3 is 11.0 Å². The summed E-state index contributed by atoms with van der Waals surface area (Å²) in [5, 5.41) is 3.84. The zero-order chi connectivity index (χ0) is 36.6. The molecule has 0 spiro atoms. The third-order valence-electron chi connectivity index (χ3n) is 10.4. The highest BCUT2D eigenvalue weighted by Gasteiger charge is 2.70. The summed E-state index contributed by atoms with van der Waals surface area (Å²) in [5.74, 6) is -3.74. The number of hydrogen-bond donors (Lipinski definition) is 2. The van der Waals surface area contributed by atoms with Gasteiger partial charge in [0.1, 0.15) is 0 Å². The Hall–Kier alpha value is -3.98. The first-order valence-electron chi connectivity index (χ1n) is 16.4. The van der Waals surface area contributed by atoms with Crippen LogP contribution in [0.15, 0.2) is 70.5 Å². The molecular formula is C36H28Cl2F3N3O6S2. The topological polar surface area (TPSA) is 118 Å². The van der Waals surface area contributed by atoms with E-state index in [2.05, 4.69) is 10.3 Å². The quantitative estimate of drug-likeness (QED) is 0.175. The van der Waals surface area contributed by atoms with Gasteiger partial charge in [0, 0.05) is 21.7 Å². The van der Waals surface area contributed by atoms with Crippen LogP contribution in [0.25, 0.3) is 0 Å². The normalized spacial score (nSPS) is 25.9. The molecule has 8 rings (SSSR count). The van der Waals surface area contributed by atoms with Crippen LogP contribution >= 0.6 is 46.3 Å². The second-order valence-electron chi connectivity index (χ2n) is 13.1. The number of ether oxygens (including phenoxy) is 2. The van der Waals surface area contributed by atoms with Crippen LogP contribution < -0.4 is 24.6 Å². The number of alkyl halides is 3. The van der Waals surface area contributed by atoms with Gasteiger partial charge in [-0.2, -0.15) is 13.2 Å². The number of fused-ring (bicyclic) bond motifs is 9. The van der Waals surface area contributed by atoms with Crippen molar-refractivity contribution in [2.75, 3.05) is 23.4 Å². The molecule has 0 radical (unpaired) electrons. The number of halogens is 5. The Labute approximate surface area is 312 Å². The molecule has 7 atom stereocenters. The number of thioether (sulfide) groups is 1. The predicted molar refractivity (Wildman–Crippen MR) is 191 cm³/mol. The Morgan fingerprint density at radius 2 is 1.71 bits per heavy atom. The monoisotopic (exact) mass is 789 g/mol. The van der Waals surface area contributed by atoms with Crippen LogP contribution in [0.1, 0.15) is 35.3 Å². The highest BCUT2D eigenvalue weighted by atomic mass is 35.5. The first kappa shape index (κ1) is 35.1. The van der Waals surface area contributed by atoms with Crippen LogP contribution in [-0.4, -0.2) is 41.2 Å². The van der Waals surface area contributed by atoms with Crippen molar-refractivity contribution < 1.29 is 37.0 Å². The summed E-state index contributed by atoms with van der Waals surface area (Å²) in [6.45, 7) is 1.74. The Bertz CT molecular complexity index is 2190. The van der Waals surface area contributed by atoms with Crippen molar-refractivity contribution in [2.24, 2.45) is 29.6 Å². The maximum Gasteiger partial charge on any atom is 0.418 e. The molecule has 270 valence electrons. The molecule has 16 heteroatoms. The van der Waals surface area contributed by atoms with Crippen LogP contribution in [0.4, 0.5) is 24.5 Å². The minimum atomic E-state index is -4.76. The molecule has 2 bridgehead atoms. The van der Waals surface area contributed by atoms with E-state index >= 15 is 0 Å². The van der Waals surface area contributed by atoms with E-state index in [9.17, 15) is 32.3 Å². The van der Waals surface area contributed by atoms with Gasteiger partial charge in [0.25, 0.3) is 5.91 Å². The Kier molecular flexibility index (Phi) is 8.87. The van der Waals surface area contributed by atoms with E-state index in [4.69, 9.17) is 32.7 Å². The van der Waals surface area contributed by atoms with Crippen molar-refractivity contribution in [3.63, 3.8) is 0 Å².